The summed E-state index contributed by atoms with van der Waals surface area (Å²) >= 11 is 0. The van der Waals surface area contributed by atoms with Crippen molar-refractivity contribution in [2.75, 3.05) is 0 Å². The molecule has 4 aromatic rings. The molecule has 142 valence electrons. The van der Waals surface area contributed by atoms with Crippen LogP contribution in [0.2, 0.25) is 0 Å². The van der Waals surface area contributed by atoms with Gasteiger partial charge in [0.1, 0.15) is 23.0 Å². The number of rotatable bonds is 5. The molecule has 0 amide bonds. The van der Waals surface area contributed by atoms with Crippen molar-refractivity contribution in [3.8, 4) is 39.8 Å². The molecule has 0 radical (unpaired) electrons. The molecule has 0 aliphatic heterocycles. The lowest BCUT2D eigenvalue weighted by Gasteiger charge is -2.13. The Bertz CT molecular complexity index is 1150. The van der Waals surface area contributed by atoms with E-state index >= 15 is 0 Å². The standard InChI is InChI=1S/C25H22N4/c1-17(2)13-20-14-23(27-16-22(20)18-9-5-3-6-10-18)25-21(15-26)24(28-29-25)19-11-7-4-8-12-19/h3-12,14,16-17H,13H2,1-2H3,(H,28,29). The first-order valence-electron chi connectivity index (χ1n) is 9.76. The quantitative estimate of drug-likeness (QED) is 0.472. The number of pyridine rings is 1. The van der Waals surface area contributed by atoms with E-state index < -0.39 is 0 Å². The molecule has 2 heterocycles. The van der Waals surface area contributed by atoms with Crippen molar-refractivity contribution >= 4 is 0 Å². The first kappa shape index (κ1) is 18.6. The summed E-state index contributed by atoms with van der Waals surface area (Å²) in [6.45, 7) is 4.42. The topological polar surface area (TPSA) is 65.4 Å². The Hall–Kier alpha value is -3.71. The zero-order valence-electron chi connectivity index (χ0n) is 16.6. The number of nitrogens with zero attached hydrogens (tertiary/aromatic N) is 3. The third-order valence-corrected chi connectivity index (χ3v) is 4.88. The molecular weight excluding hydrogens is 356 g/mol. The highest BCUT2D eigenvalue weighted by Gasteiger charge is 2.18. The van der Waals surface area contributed by atoms with Gasteiger partial charge in [-0.05, 0) is 29.5 Å². The molecule has 0 saturated carbocycles. The molecule has 29 heavy (non-hydrogen) atoms. The maximum atomic E-state index is 9.82. The second-order valence-electron chi connectivity index (χ2n) is 7.49. The highest BCUT2D eigenvalue weighted by Crippen LogP contribution is 2.32. The van der Waals surface area contributed by atoms with Crippen molar-refractivity contribution in [3.05, 3.63) is 84.1 Å². The summed E-state index contributed by atoms with van der Waals surface area (Å²) in [5.74, 6) is 0.504. The SMILES string of the molecule is CC(C)Cc1cc(-c2[nH]nc(-c3ccccc3)c2C#N)ncc1-c1ccccc1. The monoisotopic (exact) mass is 378 g/mol. The van der Waals surface area contributed by atoms with Crippen LogP contribution in [0.15, 0.2) is 72.9 Å². The van der Waals surface area contributed by atoms with Crippen LogP contribution < -0.4 is 0 Å². The molecule has 4 heteroatoms. The Labute approximate surface area is 170 Å². The summed E-state index contributed by atoms with van der Waals surface area (Å²) in [6, 6.07) is 24.4. The number of aromatic amines is 1. The van der Waals surface area contributed by atoms with Gasteiger partial charge in [0.15, 0.2) is 0 Å². The van der Waals surface area contributed by atoms with Gasteiger partial charge in [-0.2, -0.15) is 10.4 Å². The minimum atomic E-state index is 0.504. The van der Waals surface area contributed by atoms with Gasteiger partial charge in [0.25, 0.3) is 0 Å². The van der Waals surface area contributed by atoms with Crippen molar-refractivity contribution in [1.82, 2.24) is 15.2 Å². The summed E-state index contributed by atoms with van der Waals surface area (Å²) in [5, 5.41) is 17.3. The molecule has 2 aromatic heterocycles. The molecule has 2 aromatic carbocycles. The molecule has 0 spiro atoms. The first-order chi connectivity index (χ1) is 14.2. The Balaban J connectivity index is 1.82. The molecule has 4 nitrogen and oxygen atoms in total. The van der Waals surface area contributed by atoms with Gasteiger partial charge in [0.05, 0.1) is 5.69 Å². The predicted molar refractivity (Wildman–Crippen MR) is 116 cm³/mol. The van der Waals surface area contributed by atoms with Crippen LogP contribution in [-0.4, -0.2) is 15.2 Å². The van der Waals surface area contributed by atoms with Crippen molar-refractivity contribution in [2.24, 2.45) is 5.92 Å². The van der Waals surface area contributed by atoms with E-state index in [1.54, 1.807) is 0 Å². The fraction of sp³-hybridized carbons (Fsp3) is 0.160. The number of hydrogen-bond donors (Lipinski definition) is 1. The molecule has 0 fully saturated rings. The summed E-state index contributed by atoms with van der Waals surface area (Å²) in [6.07, 6.45) is 2.84. The molecule has 0 aliphatic carbocycles. The number of nitrogens with one attached hydrogen (secondary N) is 1. The van der Waals surface area contributed by atoms with Gasteiger partial charge in [-0.15, -0.1) is 0 Å². The lowest BCUT2D eigenvalue weighted by atomic mass is 9.94. The molecule has 0 saturated heterocycles. The summed E-state index contributed by atoms with van der Waals surface area (Å²) < 4.78 is 0. The van der Waals surface area contributed by atoms with Crippen LogP contribution in [0.3, 0.4) is 0 Å². The number of aromatic nitrogens is 3. The fourth-order valence-corrected chi connectivity index (χ4v) is 3.56. The van der Waals surface area contributed by atoms with E-state index in [1.165, 1.54) is 5.56 Å². The van der Waals surface area contributed by atoms with Gasteiger partial charge < -0.3 is 0 Å². The van der Waals surface area contributed by atoms with Crippen molar-refractivity contribution < 1.29 is 0 Å². The van der Waals surface area contributed by atoms with Crippen LogP contribution >= 0.6 is 0 Å². The maximum absolute atomic E-state index is 9.82. The van der Waals surface area contributed by atoms with E-state index in [-0.39, 0.29) is 0 Å². The van der Waals surface area contributed by atoms with Crippen LogP contribution in [0.4, 0.5) is 0 Å². The molecule has 0 atom stereocenters. The van der Waals surface area contributed by atoms with Crippen LogP contribution in [0.25, 0.3) is 33.8 Å². The molecule has 0 aliphatic rings. The fourth-order valence-electron chi connectivity index (χ4n) is 3.56. The molecule has 0 unspecified atom stereocenters. The second-order valence-corrected chi connectivity index (χ2v) is 7.49. The number of nitriles is 1. The van der Waals surface area contributed by atoms with Gasteiger partial charge in [-0.25, -0.2) is 0 Å². The van der Waals surface area contributed by atoms with Crippen LogP contribution in [-0.2, 0) is 6.42 Å². The maximum Gasteiger partial charge on any atom is 0.111 e. The van der Waals surface area contributed by atoms with Gasteiger partial charge in [-0.1, -0.05) is 74.5 Å². The van der Waals surface area contributed by atoms with Gasteiger partial charge in [0.2, 0.25) is 0 Å². The third-order valence-electron chi connectivity index (χ3n) is 4.88. The van der Waals surface area contributed by atoms with Crippen molar-refractivity contribution in [3.63, 3.8) is 0 Å². The minimum absolute atomic E-state index is 0.504. The average molecular weight is 378 g/mol. The van der Waals surface area contributed by atoms with E-state index in [1.807, 2.05) is 54.7 Å². The average Bonchev–Trinajstić information content (AvgIpc) is 3.18. The molecular formula is C25H22N4. The van der Waals surface area contributed by atoms with Gasteiger partial charge in [0, 0.05) is 17.3 Å². The first-order valence-corrected chi connectivity index (χ1v) is 9.76. The number of benzene rings is 2. The highest BCUT2D eigenvalue weighted by atomic mass is 15.1. The highest BCUT2D eigenvalue weighted by molar-refractivity contribution is 5.78. The smallest absolute Gasteiger partial charge is 0.111 e. The second kappa shape index (κ2) is 8.12. The summed E-state index contributed by atoms with van der Waals surface area (Å²) in [4.78, 5) is 4.69. The summed E-state index contributed by atoms with van der Waals surface area (Å²) in [7, 11) is 0. The Morgan fingerprint density at radius 1 is 0.966 bits per heavy atom. The lowest BCUT2D eigenvalue weighted by molar-refractivity contribution is 0.648. The van der Waals surface area contributed by atoms with Crippen LogP contribution in [0.5, 0.6) is 0 Å². The van der Waals surface area contributed by atoms with E-state index in [0.717, 1.165) is 28.8 Å². The number of hydrogen-bond acceptors (Lipinski definition) is 3. The van der Waals surface area contributed by atoms with Crippen LogP contribution in [0.1, 0.15) is 25.0 Å². The van der Waals surface area contributed by atoms with Crippen LogP contribution in [0, 0.1) is 17.2 Å². The van der Waals surface area contributed by atoms with E-state index in [4.69, 9.17) is 0 Å². The Kier molecular flexibility index (Phi) is 5.22. The lowest BCUT2D eigenvalue weighted by Crippen LogP contribution is -2.00. The predicted octanol–water partition coefficient (Wildman–Crippen LogP) is 5.88. The van der Waals surface area contributed by atoms with Crippen molar-refractivity contribution in [1.29, 1.82) is 5.26 Å². The normalized spacial score (nSPS) is 10.8. The zero-order valence-corrected chi connectivity index (χ0v) is 16.6. The Morgan fingerprint density at radius 3 is 2.24 bits per heavy atom. The molecule has 1 N–H and O–H groups in total. The van der Waals surface area contributed by atoms with Crippen molar-refractivity contribution in [2.45, 2.75) is 20.3 Å². The number of H-pyrrole nitrogens is 1. The summed E-state index contributed by atoms with van der Waals surface area (Å²) in [5.41, 5.74) is 6.99. The zero-order chi connectivity index (χ0) is 20.2. The largest absolute Gasteiger partial charge is 0.274 e. The van der Waals surface area contributed by atoms with Gasteiger partial charge >= 0.3 is 0 Å². The third kappa shape index (κ3) is 3.81. The Morgan fingerprint density at radius 2 is 1.62 bits per heavy atom. The van der Waals surface area contributed by atoms with E-state index in [9.17, 15) is 5.26 Å². The molecule has 0 bridgehead atoms. The molecule has 4 rings (SSSR count). The van der Waals surface area contributed by atoms with E-state index in [0.29, 0.717) is 22.9 Å². The van der Waals surface area contributed by atoms with Gasteiger partial charge in [-0.3, -0.25) is 10.1 Å². The van der Waals surface area contributed by atoms with E-state index in [2.05, 4.69) is 53.3 Å². The minimum Gasteiger partial charge on any atom is -0.274 e.